The Hall–Kier alpha value is -1.94. The summed E-state index contributed by atoms with van der Waals surface area (Å²) in [5.74, 6) is 1.76. The fourth-order valence-electron chi connectivity index (χ4n) is 2.93. The molecule has 0 saturated heterocycles. The Bertz CT molecular complexity index is 666. The van der Waals surface area contributed by atoms with Crippen molar-refractivity contribution in [3.05, 3.63) is 60.2 Å². The first-order valence-electron chi connectivity index (χ1n) is 8.94. The van der Waals surface area contributed by atoms with Crippen LogP contribution in [0.15, 0.2) is 54.6 Å². The second-order valence-corrected chi connectivity index (χ2v) is 7.81. The van der Waals surface area contributed by atoms with E-state index < -0.39 is 0 Å². The van der Waals surface area contributed by atoms with Crippen molar-refractivity contribution < 1.29 is 9.53 Å². The predicted molar refractivity (Wildman–Crippen MR) is 105 cm³/mol. The first kappa shape index (κ1) is 17.9. The molecule has 1 aliphatic rings. The molecule has 0 aromatic heterocycles. The fourth-order valence-corrected chi connectivity index (χ4v) is 3.78. The molecule has 0 bridgehead atoms. The normalized spacial score (nSPS) is 15.7. The van der Waals surface area contributed by atoms with E-state index in [-0.39, 0.29) is 11.2 Å². The zero-order valence-corrected chi connectivity index (χ0v) is 15.4. The third kappa shape index (κ3) is 5.53. The summed E-state index contributed by atoms with van der Waals surface area (Å²) in [6, 6.07) is 17.9. The summed E-state index contributed by atoms with van der Waals surface area (Å²) in [5, 5.41) is 2.88. The Labute approximate surface area is 154 Å². The number of thioether (sulfide) groups is 1. The highest BCUT2D eigenvalue weighted by atomic mass is 32.2. The van der Waals surface area contributed by atoms with Crippen LogP contribution in [-0.4, -0.2) is 17.3 Å². The van der Waals surface area contributed by atoms with Gasteiger partial charge in [-0.3, -0.25) is 4.79 Å². The molecule has 1 N–H and O–H groups in total. The number of hydrogen-bond donors (Lipinski definition) is 1. The van der Waals surface area contributed by atoms with Gasteiger partial charge in [0.1, 0.15) is 5.75 Å². The Morgan fingerprint density at radius 3 is 2.48 bits per heavy atom. The molecule has 3 nitrogen and oxygen atoms in total. The van der Waals surface area contributed by atoms with E-state index >= 15 is 0 Å². The van der Waals surface area contributed by atoms with Gasteiger partial charge < -0.3 is 10.1 Å². The van der Waals surface area contributed by atoms with Gasteiger partial charge in [0.05, 0.1) is 11.4 Å². The van der Waals surface area contributed by atoms with Crippen molar-refractivity contribution in [2.24, 2.45) is 0 Å². The zero-order valence-electron chi connectivity index (χ0n) is 14.6. The molecule has 0 spiro atoms. The maximum Gasteiger partial charge on any atom is 0.237 e. The lowest BCUT2D eigenvalue weighted by Gasteiger charge is -2.14. The van der Waals surface area contributed by atoms with Gasteiger partial charge in [0.2, 0.25) is 5.91 Å². The first-order chi connectivity index (χ1) is 12.2. The van der Waals surface area contributed by atoms with E-state index in [1.165, 1.54) is 18.4 Å². The van der Waals surface area contributed by atoms with Crippen LogP contribution >= 0.6 is 11.8 Å². The van der Waals surface area contributed by atoms with Crippen LogP contribution in [0.3, 0.4) is 0 Å². The van der Waals surface area contributed by atoms with Gasteiger partial charge in [0.25, 0.3) is 0 Å². The Morgan fingerprint density at radius 2 is 1.80 bits per heavy atom. The number of carbonyl (C=O) groups is 1. The number of benzene rings is 2. The Balaban J connectivity index is 1.46. The third-order valence-electron chi connectivity index (χ3n) is 4.44. The van der Waals surface area contributed by atoms with Crippen molar-refractivity contribution in [2.45, 2.75) is 49.7 Å². The smallest absolute Gasteiger partial charge is 0.237 e. The summed E-state index contributed by atoms with van der Waals surface area (Å²) in [6.45, 7) is 1.94. The molecule has 0 aliphatic heterocycles. The van der Waals surface area contributed by atoms with Crippen LogP contribution in [0, 0.1) is 0 Å². The molecule has 1 fully saturated rings. The minimum atomic E-state index is -0.102. The van der Waals surface area contributed by atoms with Gasteiger partial charge in [-0.2, -0.15) is 0 Å². The molecule has 25 heavy (non-hydrogen) atoms. The summed E-state index contributed by atoms with van der Waals surface area (Å²) in [5.41, 5.74) is 2.05. The van der Waals surface area contributed by atoms with Crippen molar-refractivity contribution >= 4 is 23.4 Å². The molecule has 1 aliphatic carbocycles. The van der Waals surface area contributed by atoms with E-state index in [0.717, 1.165) is 30.0 Å². The third-order valence-corrected chi connectivity index (χ3v) is 5.65. The second-order valence-electron chi connectivity index (χ2n) is 6.48. The summed E-state index contributed by atoms with van der Waals surface area (Å²) in [4.78, 5) is 12.3. The number of carbonyl (C=O) groups excluding carboxylic acids is 1. The highest BCUT2D eigenvalue weighted by molar-refractivity contribution is 7.99. The molecular weight excluding hydrogens is 330 g/mol. The Morgan fingerprint density at radius 1 is 1.12 bits per heavy atom. The summed E-state index contributed by atoms with van der Waals surface area (Å²) in [7, 11) is 0. The average molecular weight is 356 g/mol. The van der Waals surface area contributed by atoms with E-state index in [0.29, 0.717) is 6.10 Å². The van der Waals surface area contributed by atoms with Crippen LogP contribution in [0.5, 0.6) is 5.75 Å². The van der Waals surface area contributed by atoms with Gasteiger partial charge >= 0.3 is 0 Å². The predicted octanol–water partition coefficient (Wildman–Crippen LogP) is 5.27. The molecule has 0 unspecified atom stereocenters. The van der Waals surface area contributed by atoms with Gasteiger partial charge in [0, 0.05) is 11.4 Å². The average Bonchev–Trinajstić information content (AvgIpc) is 3.15. The van der Waals surface area contributed by atoms with Crippen molar-refractivity contribution in [1.29, 1.82) is 0 Å². The van der Waals surface area contributed by atoms with Gasteiger partial charge in [-0.05, 0) is 62.4 Å². The van der Waals surface area contributed by atoms with Gasteiger partial charge in [-0.1, -0.05) is 30.3 Å². The molecule has 2 aromatic rings. The van der Waals surface area contributed by atoms with E-state index in [1.54, 1.807) is 11.8 Å². The highest BCUT2D eigenvalue weighted by Gasteiger charge is 2.17. The van der Waals surface area contributed by atoms with Crippen molar-refractivity contribution in [1.82, 2.24) is 0 Å². The van der Waals surface area contributed by atoms with E-state index in [2.05, 4.69) is 17.4 Å². The monoisotopic (exact) mass is 355 g/mol. The van der Waals surface area contributed by atoms with E-state index in [1.807, 2.05) is 49.4 Å². The van der Waals surface area contributed by atoms with Crippen molar-refractivity contribution in [3.8, 4) is 5.75 Å². The highest BCUT2D eigenvalue weighted by Crippen LogP contribution is 2.25. The van der Waals surface area contributed by atoms with Crippen LogP contribution in [0.25, 0.3) is 0 Å². The summed E-state index contributed by atoms with van der Waals surface area (Å²) >= 11 is 1.64. The molecule has 0 heterocycles. The topological polar surface area (TPSA) is 38.3 Å². The molecular formula is C21H25NO2S. The number of anilines is 1. The standard InChI is InChI=1S/C21H25NO2S/c1-16(25-15-17-7-3-2-4-8-17)21(23)22-18-11-13-20(14-12-18)24-19-9-5-6-10-19/h2-4,7-8,11-14,16,19H,5-6,9-10,15H2,1H3,(H,22,23)/t16-/m0/s1. The largest absolute Gasteiger partial charge is 0.490 e. The lowest BCUT2D eigenvalue weighted by Crippen LogP contribution is -2.22. The van der Waals surface area contributed by atoms with Crippen LogP contribution in [0.2, 0.25) is 0 Å². The molecule has 132 valence electrons. The molecule has 0 radical (unpaired) electrons. The maximum absolute atomic E-state index is 12.3. The lowest BCUT2D eigenvalue weighted by atomic mass is 10.2. The van der Waals surface area contributed by atoms with E-state index in [9.17, 15) is 4.79 Å². The number of amides is 1. The Kier molecular flexibility index (Phi) is 6.40. The number of ether oxygens (including phenoxy) is 1. The second kappa shape index (κ2) is 8.95. The van der Waals surface area contributed by atoms with Crippen molar-refractivity contribution in [3.63, 3.8) is 0 Å². The number of nitrogens with one attached hydrogen (secondary N) is 1. The quantitative estimate of drug-likeness (QED) is 0.735. The van der Waals surface area contributed by atoms with E-state index in [4.69, 9.17) is 4.74 Å². The summed E-state index contributed by atoms with van der Waals surface area (Å²) < 4.78 is 5.95. The summed E-state index contributed by atoms with van der Waals surface area (Å²) in [6.07, 6.45) is 5.17. The lowest BCUT2D eigenvalue weighted by molar-refractivity contribution is -0.115. The fraction of sp³-hybridized carbons (Fsp3) is 0.381. The maximum atomic E-state index is 12.3. The molecule has 4 heteroatoms. The van der Waals surface area contributed by atoms with Gasteiger partial charge in [-0.25, -0.2) is 0 Å². The van der Waals surface area contributed by atoms with Gasteiger partial charge in [0.15, 0.2) is 0 Å². The minimum Gasteiger partial charge on any atom is -0.490 e. The molecule has 2 aromatic carbocycles. The minimum absolute atomic E-state index is 0.0328. The molecule has 1 saturated carbocycles. The first-order valence-corrected chi connectivity index (χ1v) is 9.99. The number of hydrogen-bond acceptors (Lipinski definition) is 3. The molecule has 1 amide bonds. The molecule has 1 atom stereocenters. The number of rotatable bonds is 7. The molecule has 3 rings (SSSR count). The van der Waals surface area contributed by atoms with Gasteiger partial charge in [-0.15, -0.1) is 11.8 Å². The van der Waals surface area contributed by atoms with Crippen LogP contribution in [0.1, 0.15) is 38.2 Å². The zero-order chi connectivity index (χ0) is 17.5. The van der Waals surface area contributed by atoms with Crippen LogP contribution < -0.4 is 10.1 Å². The van der Waals surface area contributed by atoms with Crippen molar-refractivity contribution in [2.75, 3.05) is 5.32 Å². The van der Waals surface area contributed by atoms with Crippen LogP contribution in [0.4, 0.5) is 5.69 Å². The van der Waals surface area contributed by atoms with Crippen LogP contribution in [-0.2, 0) is 10.5 Å². The SMILES string of the molecule is C[C@H](SCc1ccccc1)C(=O)Nc1ccc(OC2CCCC2)cc1.